The summed E-state index contributed by atoms with van der Waals surface area (Å²) in [6.07, 6.45) is 14.8. The molecule has 4 aliphatic rings. The van der Waals surface area contributed by atoms with Crippen molar-refractivity contribution in [2.24, 2.45) is 5.41 Å². The SMILES string of the molecule is CC(C)(C)OC(=O)N1CCC[C@H]1c1ncc(C#Cc2ccc(C#Cc3cnc([C@@H]4CCCN4C(=O)OC(C)(C)C)[nH]3)c3c2CC2(CCCCC2)C3)[nH]1. The fraction of sp³-hybridized carbons (Fsp3) is 0.571. The second kappa shape index (κ2) is 14.0. The van der Waals surface area contributed by atoms with Gasteiger partial charge < -0.3 is 19.4 Å². The molecular formula is C42H52N6O4. The molecule has 2 aliphatic carbocycles. The van der Waals surface area contributed by atoms with Gasteiger partial charge in [0.1, 0.15) is 34.2 Å². The first-order valence-electron chi connectivity index (χ1n) is 19.0. The number of fused-ring (bicyclic) bond motifs is 1. The Morgan fingerprint density at radius 2 is 1.13 bits per heavy atom. The van der Waals surface area contributed by atoms with Gasteiger partial charge in [-0.05, 0) is 133 Å². The van der Waals surface area contributed by atoms with Crippen LogP contribution in [0.1, 0.15) is 157 Å². The predicted octanol–water partition coefficient (Wildman–Crippen LogP) is 8.13. The molecular weight excluding hydrogens is 652 g/mol. The molecule has 0 radical (unpaired) electrons. The van der Waals surface area contributed by atoms with E-state index in [1.807, 2.05) is 41.5 Å². The van der Waals surface area contributed by atoms with E-state index in [1.54, 1.807) is 22.2 Å². The van der Waals surface area contributed by atoms with E-state index in [0.29, 0.717) is 13.1 Å². The van der Waals surface area contributed by atoms with Crippen molar-refractivity contribution in [1.82, 2.24) is 29.7 Å². The number of nitrogens with zero attached hydrogens (tertiary/aromatic N) is 4. The van der Waals surface area contributed by atoms with E-state index < -0.39 is 11.2 Å². The van der Waals surface area contributed by atoms with Crippen LogP contribution in [-0.4, -0.2) is 66.2 Å². The number of benzene rings is 1. The molecule has 2 atom stereocenters. The minimum absolute atomic E-state index is 0.147. The van der Waals surface area contributed by atoms with Crippen molar-refractivity contribution in [3.8, 4) is 23.7 Å². The van der Waals surface area contributed by atoms with Gasteiger partial charge in [0.15, 0.2) is 0 Å². The Hall–Kier alpha value is -4.70. The third-order valence-corrected chi connectivity index (χ3v) is 10.7. The molecule has 10 nitrogen and oxygen atoms in total. The highest BCUT2D eigenvalue weighted by Crippen LogP contribution is 2.49. The number of nitrogens with one attached hydrogen (secondary N) is 2. The average molecular weight is 705 g/mol. The van der Waals surface area contributed by atoms with E-state index in [4.69, 9.17) is 9.47 Å². The molecule has 3 aromatic rings. The van der Waals surface area contributed by atoms with Crippen molar-refractivity contribution >= 4 is 12.2 Å². The molecule has 0 bridgehead atoms. The molecule has 2 aromatic heterocycles. The van der Waals surface area contributed by atoms with E-state index in [0.717, 1.165) is 72.7 Å². The Morgan fingerprint density at radius 1 is 0.692 bits per heavy atom. The summed E-state index contributed by atoms with van der Waals surface area (Å²) in [5, 5.41) is 0. The lowest BCUT2D eigenvalue weighted by atomic mass is 9.72. The van der Waals surface area contributed by atoms with Gasteiger partial charge in [-0.2, -0.15) is 0 Å². The summed E-state index contributed by atoms with van der Waals surface area (Å²) < 4.78 is 11.3. The Labute approximate surface area is 307 Å². The number of amides is 2. The summed E-state index contributed by atoms with van der Waals surface area (Å²) in [5.41, 5.74) is 5.37. The van der Waals surface area contributed by atoms with Gasteiger partial charge in [-0.25, -0.2) is 19.6 Å². The fourth-order valence-electron chi connectivity index (χ4n) is 8.39. The molecule has 1 saturated carbocycles. The first-order valence-corrected chi connectivity index (χ1v) is 19.0. The molecule has 274 valence electrons. The van der Waals surface area contributed by atoms with Crippen LogP contribution in [0.3, 0.4) is 0 Å². The number of H-pyrrole nitrogens is 2. The van der Waals surface area contributed by atoms with E-state index in [-0.39, 0.29) is 29.7 Å². The number of likely N-dealkylation sites (tertiary alicyclic amines) is 2. The molecule has 2 aliphatic heterocycles. The first-order chi connectivity index (χ1) is 24.8. The number of imidazole rings is 2. The van der Waals surface area contributed by atoms with E-state index in [2.05, 4.69) is 55.8 Å². The van der Waals surface area contributed by atoms with Gasteiger partial charge in [0.05, 0.1) is 24.5 Å². The molecule has 2 N–H and O–H groups in total. The highest BCUT2D eigenvalue weighted by Gasteiger charge is 2.40. The summed E-state index contributed by atoms with van der Waals surface area (Å²) in [6, 6.07) is 3.94. The van der Waals surface area contributed by atoms with Crippen LogP contribution in [0.5, 0.6) is 0 Å². The second-order valence-electron chi connectivity index (χ2n) is 17.1. The molecule has 7 rings (SSSR count). The van der Waals surface area contributed by atoms with Crippen molar-refractivity contribution in [1.29, 1.82) is 0 Å². The molecule has 4 heterocycles. The Balaban J connectivity index is 1.11. The smallest absolute Gasteiger partial charge is 0.410 e. The summed E-state index contributed by atoms with van der Waals surface area (Å²) >= 11 is 0. The Kier molecular flexibility index (Phi) is 9.63. The van der Waals surface area contributed by atoms with Crippen LogP contribution in [0.4, 0.5) is 9.59 Å². The van der Waals surface area contributed by atoms with Gasteiger partial charge >= 0.3 is 12.2 Å². The number of aromatic nitrogens is 4. The fourth-order valence-corrected chi connectivity index (χ4v) is 8.39. The Morgan fingerprint density at radius 3 is 1.56 bits per heavy atom. The lowest BCUT2D eigenvalue weighted by Crippen LogP contribution is -2.36. The van der Waals surface area contributed by atoms with Crippen LogP contribution < -0.4 is 0 Å². The molecule has 10 heteroatoms. The van der Waals surface area contributed by atoms with Gasteiger partial charge in [0.25, 0.3) is 0 Å². The largest absolute Gasteiger partial charge is 0.444 e. The zero-order valence-electron chi connectivity index (χ0n) is 31.6. The minimum atomic E-state index is -0.549. The predicted molar refractivity (Wildman–Crippen MR) is 198 cm³/mol. The quantitative estimate of drug-likeness (QED) is 0.260. The van der Waals surface area contributed by atoms with Gasteiger partial charge in [0, 0.05) is 24.2 Å². The number of carbonyl (C=O) groups excluding carboxylic acids is 2. The molecule has 1 spiro atoms. The number of hydrogen-bond donors (Lipinski definition) is 2. The number of rotatable bonds is 2. The van der Waals surface area contributed by atoms with E-state index >= 15 is 0 Å². The molecule has 0 unspecified atom stereocenters. The van der Waals surface area contributed by atoms with Gasteiger partial charge in [-0.15, -0.1) is 0 Å². The van der Waals surface area contributed by atoms with Crippen LogP contribution >= 0.6 is 0 Å². The van der Waals surface area contributed by atoms with Gasteiger partial charge in [0.2, 0.25) is 0 Å². The molecule has 52 heavy (non-hydrogen) atoms. The van der Waals surface area contributed by atoms with Crippen LogP contribution in [0.2, 0.25) is 0 Å². The number of aromatic amines is 2. The third kappa shape index (κ3) is 7.87. The lowest BCUT2D eigenvalue weighted by molar-refractivity contribution is 0.0208. The average Bonchev–Trinajstić information content (AvgIpc) is 3.91. The first kappa shape index (κ1) is 35.7. The number of carbonyl (C=O) groups is 2. The summed E-state index contributed by atoms with van der Waals surface area (Å²) in [5.74, 6) is 15.2. The van der Waals surface area contributed by atoms with Crippen molar-refractivity contribution in [2.75, 3.05) is 13.1 Å². The topological polar surface area (TPSA) is 116 Å². The highest BCUT2D eigenvalue weighted by molar-refractivity contribution is 5.69. The Bertz CT molecular complexity index is 1820. The van der Waals surface area contributed by atoms with E-state index in [9.17, 15) is 9.59 Å². The van der Waals surface area contributed by atoms with Crippen LogP contribution in [0, 0.1) is 29.1 Å². The number of ether oxygens (including phenoxy) is 2. The zero-order valence-corrected chi connectivity index (χ0v) is 31.6. The van der Waals surface area contributed by atoms with Crippen molar-refractivity contribution in [2.45, 2.75) is 135 Å². The molecule has 1 aromatic carbocycles. The van der Waals surface area contributed by atoms with Crippen LogP contribution in [0.15, 0.2) is 24.5 Å². The van der Waals surface area contributed by atoms with Gasteiger partial charge in [-0.3, -0.25) is 9.80 Å². The zero-order chi connectivity index (χ0) is 36.7. The van der Waals surface area contributed by atoms with Crippen LogP contribution in [-0.2, 0) is 22.3 Å². The van der Waals surface area contributed by atoms with Crippen LogP contribution in [0.25, 0.3) is 0 Å². The second-order valence-corrected chi connectivity index (χ2v) is 17.1. The normalized spacial score (nSPS) is 21.0. The molecule has 2 amide bonds. The summed E-state index contributed by atoms with van der Waals surface area (Å²) in [6.45, 7) is 12.6. The lowest BCUT2D eigenvalue weighted by Gasteiger charge is -2.33. The number of hydrogen-bond acceptors (Lipinski definition) is 6. The third-order valence-electron chi connectivity index (χ3n) is 10.7. The van der Waals surface area contributed by atoms with Gasteiger partial charge in [-0.1, -0.05) is 31.1 Å². The molecule has 2 saturated heterocycles. The highest BCUT2D eigenvalue weighted by atomic mass is 16.6. The standard InChI is InChI=1S/C42H52N6O4/c1-40(2,3)51-38(49)47-22-10-12-34(47)36-43-26-30(45-36)18-16-28-14-15-29(33-25-42(24-32(28)33)20-8-7-9-21-42)17-19-31-27-44-37(46-31)35-13-11-23-48(35)39(50)52-41(4,5)6/h14-15,26-27,34-35H,7-13,20-25H2,1-6H3,(H,43,45)(H,44,46)/t34-,35-/m0/s1. The van der Waals surface area contributed by atoms with Crippen molar-refractivity contribution in [3.63, 3.8) is 0 Å². The summed E-state index contributed by atoms with van der Waals surface area (Å²) in [7, 11) is 0. The van der Waals surface area contributed by atoms with Crippen molar-refractivity contribution in [3.05, 3.63) is 69.8 Å². The minimum Gasteiger partial charge on any atom is -0.444 e. The van der Waals surface area contributed by atoms with E-state index in [1.165, 1.54) is 43.2 Å². The maximum atomic E-state index is 12.9. The maximum Gasteiger partial charge on any atom is 0.410 e. The maximum absolute atomic E-state index is 12.9. The summed E-state index contributed by atoms with van der Waals surface area (Å²) in [4.78, 5) is 45.4. The monoisotopic (exact) mass is 704 g/mol. The van der Waals surface area contributed by atoms with Crippen molar-refractivity contribution < 1.29 is 19.1 Å². The molecule has 3 fully saturated rings.